The van der Waals surface area contributed by atoms with E-state index in [2.05, 4.69) is 0 Å². The Morgan fingerprint density at radius 1 is 1.10 bits per heavy atom. The molecule has 0 N–H and O–H groups in total. The molecule has 6 nitrogen and oxygen atoms in total. The molecule has 0 fully saturated rings. The number of Topliss-reactive ketones (excluding diaryl/α,β-unsaturated/α-hetero) is 1. The van der Waals surface area contributed by atoms with Crippen molar-refractivity contribution < 1.29 is 22.7 Å². The first-order chi connectivity index (χ1) is 14.2. The van der Waals surface area contributed by atoms with Crippen molar-refractivity contribution in [3.05, 3.63) is 70.8 Å². The van der Waals surface area contributed by atoms with Gasteiger partial charge in [-0.15, -0.1) is 0 Å². The topological polar surface area (TPSA) is 80.8 Å². The Labute approximate surface area is 182 Å². The van der Waals surface area contributed by atoms with Crippen LogP contribution >= 0.6 is 11.6 Å². The summed E-state index contributed by atoms with van der Waals surface area (Å²) in [6.45, 7) is 5.82. The Morgan fingerprint density at radius 3 is 2.30 bits per heavy atom. The molecule has 30 heavy (non-hydrogen) atoms. The van der Waals surface area contributed by atoms with Crippen LogP contribution in [0.4, 0.5) is 0 Å². The third-order valence-electron chi connectivity index (χ3n) is 4.41. The summed E-state index contributed by atoms with van der Waals surface area (Å²) in [5.41, 5.74) is 0.982. The second-order valence-electron chi connectivity index (χ2n) is 6.45. The summed E-state index contributed by atoms with van der Waals surface area (Å²) in [6.07, 6.45) is 1.71. The number of benzene rings is 2. The third kappa shape index (κ3) is 6.01. The summed E-state index contributed by atoms with van der Waals surface area (Å²) in [4.78, 5) is 24.5. The summed E-state index contributed by atoms with van der Waals surface area (Å²) < 4.78 is 31.5. The fourth-order valence-electron chi connectivity index (χ4n) is 2.77. The third-order valence-corrected chi connectivity index (χ3v) is 6.71. The number of carbonyl (C=O) groups excluding carboxylic acids is 2. The van der Waals surface area contributed by atoms with Crippen LogP contribution in [0.3, 0.4) is 0 Å². The van der Waals surface area contributed by atoms with E-state index >= 15 is 0 Å². The smallest absolute Gasteiger partial charge is 0.331 e. The number of halogens is 1. The fourth-order valence-corrected chi connectivity index (χ4v) is 4.42. The summed E-state index contributed by atoms with van der Waals surface area (Å²) >= 11 is 5.88. The average Bonchev–Trinajstić information content (AvgIpc) is 2.72. The molecule has 0 bridgehead atoms. The standard InChI is InChI=1S/C22H24ClNO5S/c1-4-24(5-2)30(27,28)20-12-9-17(10-13-20)11-14-21(25)29-16(3)22(26)18-7-6-8-19(23)15-18/h6-16H,4-5H2,1-3H3/b14-11+/t16-/m1/s1. The molecule has 0 unspecified atom stereocenters. The molecule has 0 saturated heterocycles. The number of ketones is 1. The lowest BCUT2D eigenvalue weighted by Crippen LogP contribution is -2.30. The highest BCUT2D eigenvalue weighted by Crippen LogP contribution is 2.17. The normalized spacial score (nSPS) is 12.8. The predicted molar refractivity (Wildman–Crippen MR) is 117 cm³/mol. The van der Waals surface area contributed by atoms with Gasteiger partial charge < -0.3 is 4.74 Å². The Balaban J connectivity index is 2.02. The quantitative estimate of drug-likeness (QED) is 0.325. The van der Waals surface area contributed by atoms with Gasteiger partial charge in [-0.3, -0.25) is 4.79 Å². The zero-order valence-corrected chi connectivity index (χ0v) is 18.6. The van der Waals surface area contributed by atoms with Gasteiger partial charge in [0, 0.05) is 29.8 Å². The molecule has 0 aliphatic carbocycles. The van der Waals surface area contributed by atoms with Crippen molar-refractivity contribution in [3.8, 4) is 0 Å². The first kappa shape index (κ1) is 23.8. The number of hydrogen-bond acceptors (Lipinski definition) is 5. The number of hydrogen-bond donors (Lipinski definition) is 0. The molecule has 0 aliphatic heterocycles. The Bertz CT molecular complexity index is 1030. The van der Waals surface area contributed by atoms with E-state index in [0.717, 1.165) is 0 Å². The predicted octanol–water partition coefficient (Wildman–Crippen LogP) is 4.20. The number of carbonyl (C=O) groups is 2. The monoisotopic (exact) mass is 449 g/mol. The molecule has 2 aromatic rings. The molecule has 0 amide bonds. The molecule has 2 rings (SSSR count). The number of esters is 1. The van der Waals surface area contributed by atoms with Crippen LogP contribution in [0.5, 0.6) is 0 Å². The number of nitrogens with zero attached hydrogens (tertiary/aromatic N) is 1. The van der Waals surface area contributed by atoms with Crippen LogP contribution in [0.25, 0.3) is 6.08 Å². The van der Waals surface area contributed by atoms with Crippen LogP contribution in [-0.4, -0.2) is 43.7 Å². The molecule has 0 aliphatic rings. The minimum absolute atomic E-state index is 0.187. The molecule has 0 spiro atoms. The van der Waals surface area contributed by atoms with Crippen molar-refractivity contribution in [2.75, 3.05) is 13.1 Å². The highest BCUT2D eigenvalue weighted by molar-refractivity contribution is 7.89. The van der Waals surface area contributed by atoms with E-state index in [1.54, 1.807) is 44.2 Å². The van der Waals surface area contributed by atoms with E-state index in [0.29, 0.717) is 29.2 Å². The lowest BCUT2D eigenvalue weighted by Gasteiger charge is -2.18. The first-order valence-corrected chi connectivity index (χ1v) is 11.3. The highest BCUT2D eigenvalue weighted by Gasteiger charge is 2.21. The van der Waals surface area contributed by atoms with Gasteiger partial charge in [-0.25, -0.2) is 13.2 Å². The maximum atomic E-state index is 12.5. The van der Waals surface area contributed by atoms with Crippen molar-refractivity contribution in [1.29, 1.82) is 0 Å². The highest BCUT2D eigenvalue weighted by atomic mass is 35.5. The molecule has 1 atom stereocenters. The minimum Gasteiger partial charge on any atom is -0.451 e. The van der Waals surface area contributed by atoms with Gasteiger partial charge in [0.05, 0.1) is 4.90 Å². The second kappa shape index (κ2) is 10.5. The number of ether oxygens (including phenoxy) is 1. The fraction of sp³-hybridized carbons (Fsp3) is 0.273. The van der Waals surface area contributed by atoms with Crippen LogP contribution in [0, 0.1) is 0 Å². The van der Waals surface area contributed by atoms with Crippen LogP contribution in [-0.2, 0) is 19.6 Å². The summed E-state index contributed by atoms with van der Waals surface area (Å²) in [7, 11) is -3.53. The van der Waals surface area contributed by atoms with Crippen molar-refractivity contribution in [3.63, 3.8) is 0 Å². The van der Waals surface area contributed by atoms with E-state index in [4.69, 9.17) is 16.3 Å². The van der Waals surface area contributed by atoms with Gasteiger partial charge in [-0.05, 0) is 42.8 Å². The number of sulfonamides is 1. The lowest BCUT2D eigenvalue weighted by atomic mass is 10.1. The SMILES string of the molecule is CCN(CC)S(=O)(=O)c1ccc(/C=C/C(=O)O[C@H](C)C(=O)c2cccc(Cl)c2)cc1. The van der Waals surface area contributed by atoms with Crippen molar-refractivity contribution in [1.82, 2.24) is 4.31 Å². The summed E-state index contributed by atoms with van der Waals surface area (Å²) in [6, 6.07) is 12.6. The Hall–Kier alpha value is -2.48. The summed E-state index contributed by atoms with van der Waals surface area (Å²) in [5, 5.41) is 0.422. The van der Waals surface area contributed by atoms with Crippen molar-refractivity contribution in [2.24, 2.45) is 0 Å². The molecule has 0 aromatic heterocycles. The van der Waals surface area contributed by atoms with Crippen molar-refractivity contribution >= 4 is 39.5 Å². The molecular weight excluding hydrogens is 426 g/mol. The van der Waals surface area contributed by atoms with E-state index in [1.165, 1.54) is 41.6 Å². The van der Waals surface area contributed by atoms with Gasteiger partial charge in [-0.2, -0.15) is 4.31 Å². The minimum atomic E-state index is -3.53. The van der Waals surface area contributed by atoms with Crippen LogP contribution in [0.1, 0.15) is 36.7 Å². The van der Waals surface area contributed by atoms with Crippen LogP contribution < -0.4 is 0 Å². The van der Waals surface area contributed by atoms with E-state index < -0.39 is 22.1 Å². The lowest BCUT2D eigenvalue weighted by molar-refractivity contribution is -0.140. The van der Waals surface area contributed by atoms with Crippen molar-refractivity contribution in [2.45, 2.75) is 31.8 Å². The molecule has 8 heteroatoms. The number of rotatable bonds is 9. The zero-order chi connectivity index (χ0) is 22.3. The molecular formula is C22H24ClNO5S. The van der Waals surface area contributed by atoms with E-state index in [9.17, 15) is 18.0 Å². The van der Waals surface area contributed by atoms with Gasteiger partial charge in [0.1, 0.15) is 0 Å². The van der Waals surface area contributed by atoms with Crippen LogP contribution in [0.2, 0.25) is 5.02 Å². The van der Waals surface area contributed by atoms with Gasteiger partial charge in [0.15, 0.2) is 6.10 Å². The molecule has 2 aromatic carbocycles. The Morgan fingerprint density at radius 2 is 1.73 bits per heavy atom. The molecule has 0 heterocycles. The first-order valence-electron chi connectivity index (χ1n) is 9.47. The second-order valence-corrected chi connectivity index (χ2v) is 8.82. The largest absolute Gasteiger partial charge is 0.451 e. The molecule has 0 radical (unpaired) electrons. The van der Waals surface area contributed by atoms with E-state index in [-0.39, 0.29) is 10.7 Å². The van der Waals surface area contributed by atoms with Gasteiger partial charge >= 0.3 is 5.97 Å². The van der Waals surface area contributed by atoms with Gasteiger partial charge in [-0.1, -0.05) is 49.7 Å². The average molecular weight is 450 g/mol. The maximum Gasteiger partial charge on any atom is 0.331 e. The van der Waals surface area contributed by atoms with E-state index in [1.807, 2.05) is 0 Å². The van der Waals surface area contributed by atoms with Gasteiger partial charge in [0.25, 0.3) is 0 Å². The zero-order valence-electron chi connectivity index (χ0n) is 17.0. The van der Waals surface area contributed by atoms with Gasteiger partial charge in [0.2, 0.25) is 15.8 Å². The Kier molecular flexibility index (Phi) is 8.34. The molecule has 160 valence electrons. The molecule has 0 saturated carbocycles. The van der Waals surface area contributed by atoms with Crippen LogP contribution in [0.15, 0.2) is 59.5 Å². The maximum absolute atomic E-state index is 12.5. The summed E-state index contributed by atoms with van der Waals surface area (Å²) in [5.74, 6) is -1.04.